The van der Waals surface area contributed by atoms with Crippen LogP contribution in [0.5, 0.6) is 0 Å². The lowest BCUT2D eigenvalue weighted by Crippen LogP contribution is -2.25. The van der Waals surface area contributed by atoms with E-state index in [1.54, 1.807) is 0 Å². The lowest BCUT2D eigenvalue weighted by molar-refractivity contribution is 0.226. The van der Waals surface area contributed by atoms with Crippen molar-refractivity contribution >= 4 is 23.2 Å². The van der Waals surface area contributed by atoms with Crippen LogP contribution in [-0.2, 0) is 0 Å². The molecule has 48 valence electrons. The lowest BCUT2D eigenvalue weighted by atomic mass is 9.77. The Bertz CT molecular complexity index is 74.6. The second kappa shape index (κ2) is 2.45. The molecule has 0 saturated heterocycles. The summed E-state index contributed by atoms with van der Waals surface area (Å²) in [4.78, 5) is -0.119. The van der Waals surface area contributed by atoms with E-state index < -0.39 is 0 Å². The molecule has 0 amide bonds. The van der Waals surface area contributed by atoms with E-state index in [1.807, 2.05) is 0 Å². The van der Waals surface area contributed by atoms with E-state index in [9.17, 15) is 0 Å². The second-order valence-corrected chi connectivity index (χ2v) is 3.83. The number of halogens is 2. The third kappa shape index (κ3) is 1.29. The van der Waals surface area contributed by atoms with E-state index in [-0.39, 0.29) is 4.84 Å². The largest absolute Gasteiger partial charge is 0.110 e. The molecule has 0 bridgehead atoms. The summed E-state index contributed by atoms with van der Waals surface area (Å²) >= 11 is 11.2. The van der Waals surface area contributed by atoms with Gasteiger partial charge in [-0.15, -0.1) is 23.2 Å². The van der Waals surface area contributed by atoms with Crippen molar-refractivity contribution in [2.45, 2.75) is 24.6 Å². The maximum absolute atomic E-state index is 5.61. The van der Waals surface area contributed by atoms with E-state index >= 15 is 0 Å². The number of hydrogen-bond acceptors (Lipinski definition) is 0. The maximum Gasteiger partial charge on any atom is 0.110 e. The molecular weight excluding hydrogens is 143 g/mol. The molecule has 2 heteroatoms. The van der Waals surface area contributed by atoms with Crippen molar-refractivity contribution in [1.82, 2.24) is 0 Å². The minimum atomic E-state index is -0.119. The number of rotatable bonds is 1. The quantitative estimate of drug-likeness (QED) is 0.508. The van der Waals surface area contributed by atoms with Crippen LogP contribution in [0.4, 0.5) is 0 Å². The zero-order valence-electron chi connectivity index (χ0n) is 4.90. The van der Waals surface area contributed by atoms with Crippen LogP contribution in [-0.4, -0.2) is 4.84 Å². The molecule has 0 aromatic carbocycles. The van der Waals surface area contributed by atoms with Gasteiger partial charge in [0.05, 0.1) is 0 Å². The molecule has 0 atom stereocenters. The number of alkyl halides is 2. The fourth-order valence-electron chi connectivity index (χ4n) is 1.17. The smallest absolute Gasteiger partial charge is 0.105 e. The Hall–Kier alpha value is 0.580. The van der Waals surface area contributed by atoms with E-state index in [4.69, 9.17) is 23.2 Å². The van der Waals surface area contributed by atoms with Gasteiger partial charge in [-0.3, -0.25) is 0 Å². The molecule has 0 aromatic heterocycles. The minimum absolute atomic E-state index is 0.119. The molecule has 0 unspecified atom stereocenters. The SMILES string of the molecule is CC1CC(C(Cl)Cl)C1. The molecule has 0 N–H and O–H groups in total. The molecule has 0 radical (unpaired) electrons. The monoisotopic (exact) mass is 152 g/mol. The first-order valence-electron chi connectivity index (χ1n) is 2.98. The zero-order chi connectivity index (χ0) is 6.15. The summed E-state index contributed by atoms with van der Waals surface area (Å²) in [6.07, 6.45) is 2.44. The first-order valence-corrected chi connectivity index (χ1v) is 3.85. The fourth-order valence-corrected chi connectivity index (χ4v) is 1.58. The van der Waals surface area contributed by atoms with E-state index in [0.717, 1.165) is 5.92 Å². The Kier molecular flexibility index (Phi) is 2.05. The molecule has 1 saturated carbocycles. The zero-order valence-corrected chi connectivity index (χ0v) is 6.41. The van der Waals surface area contributed by atoms with E-state index in [1.165, 1.54) is 12.8 Å². The summed E-state index contributed by atoms with van der Waals surface area (Å²) in [6, 6.07) is 0. The van der Waals surface area contributed by atoms with E-state index in [2.05, 4.69) is 6.92 Å². The molecule has 1 rings (SSSR count). The topological polar surface area (TPSA) is 0 Å². The highest BCUT2D eigenvalue weighted by molar-refractivity contribution is 6.44. The molecule has 8 heavy (non-hydrogen) atoms. The van der Waals surface area contributed by atoms with Crippen molar-refractivity contribution in [3.8, 4) is 0 Å². The molecule has 0 aliphatic heterocycles. The summed E-state index contributed by atoms with van der Waals surface area (Å²) in [5, 5.41) is 0. The van der Waals surface area contributed by atoms with Crippen molar-refractivity contribution in [3.63, 3.8) is 0 Å². The molecule has 0 nitrogen and oxygen atoms in total. The van der Waals surface area contributed by atoms with Gasteiger partial charge in [0.15, 0.2) is 0 Å². The predicted molar refractivity (Wildman–Crippen MR) is 37.4 cm³/mol. The van der Waals surface area contributed by atoms with Gasteiger partial charge in [0.1, 0.15) is 4.84 Å². The summed E-state index contributed by atoms with van der Waals surface area (Å²) in [5.41, 5.74) is 0. The van der Waals surface area contributed by atoms with Gasteiger partial charge in [-0.25, -0.2) is 0 Å². The maximum atomic E-state index is 5.61. The lowest BCUT2D eigenvalue weighted by Gasteiger charge is -2.33. The fraction of sp³-hybridized carbons (Fsp3) is 1.00. The van der Waals surface area contributed by atoms with Gasteiger partial charge >= 0.3 is 0 Å². The third-order valence-electron chi connectivity index (χ3n) is 1.77. The Labute approximate surface area is 60.2 Å². The average Bonchev–Trinajstić information content (AvgIpc) is 1.57. The summed E-state index contributed by atoms with van der Waals surface area (Å²) in [5.74, 6) is 1.45. The van der Waals surface area contributed by atoms with Crippen LogP contribution in [0.2, 0.25) is 0 Å². The third-order valence-corrected chi connectivity index (χ3v) is 2.48. The van der Waals surface area contributed by atoms with Crippen molar-refractivity contribution in [3.05, 3.63) is 0 Å². The second-order valence-electron chi connectivity index (χ2n) is 2.67. The summed E-state index contributed by atoms with van der Waals surface area (Å²) < 4.78 is 0. The highest BCUT2D eigenvalue weighted by Crippen LogP contribution is 2.38. The van der Waals surface area contributed by atoms with Gasteiger partial charge in [-0.05, 0) is 24.7 Å². The van der Waals surface area contributed by atoms with Crippen LogP contribution in [0.15, 0.2) is 0 Å². The highest BCUT2D eigenvalue weighted by Gasteiger charge is 2.29. The van der Waals surface area contributed by atoms with E-state index in [0.29, 0.717) is 5.92 Å². The van der Waals surface area contributed by atoms with Crippen LogP contribution in [0, 0.1) is 11.8 Å². The van der Waals surface area contributed by atoms with Gasteiger partial charge in [0.25, 0.3) is 0 Å². The predicted octanol–water partition coefficient (Wildman–Crippen LogP) is 2.84. The Morgan fingerprint density at radius 3 is 2.00 bits per heavy atom. The van der Waals surface area contributed by atoms with Gasteiger partial charge < -0.3 is 0 Å². The molecule has 0 spiro atoms. The van der Waals surface area contributed by atoms with Gasteiger partial charge in [-0.1, -0.05) is 6.92 Å². The summed E-state index contributed by atoms with van der Waals surface area (Å²) in [7, 11) is 0. The van der Waals surface area contributed by atoms with Crippen molar-refractivity contribution in [2.75, 3.05) is 0 Å². The minimum Gasteiger partial charge on any atom is -0.105 e. The first kappa shape index (κ1) is 6.70. The summed E-state index contributed by atoms with van der Waals surface area (Å²) in [6.45, 7) is 2.23. The molecule has 1 aliphatic carbocycles. The molecule has 0 aromatic rings. The number of hydrogen-bond donors (Lipinski definition) is 0. The molecular formula is C6H10Cl2. The first-order chi connectivity index (χ1) is 3.70. The Balaban J connectivity index is 2.15. The standard InChI is InChI=1S/C6H10Cl2/c1-4-2-5(3-4)6(7)8/h4-6H,2-3H2,1H3. The molecule has 1 fully saturated rings. The average molecular weight is 153 g/mol. The van der Waals surface area contributed by atoms with Crippen LogP contribution in [0.3, 0.4) is 0 Å². The molecule has 0 heterocycles. The van der Waals surface area contributed by atoms with Crippen molar-refractivity contribution in [1.29, 1.82) is 0 Å². The highest BCUT2D eigenvalue weighted by atomic mass is 35.5. The Morgan fingerprint density at radius 1 is 1.38 bits per heavy atom. The van der Waals surface area contributed by atoms with Crippen LogP contribution >= 0.6 is 23.2 Å². The Morgan fingerprint density at radius 2 is 1.88 bits per heavy atom. The molecule has 1 aliphatic rings. The van der Waals surface area contributed by atoms with Gasteiger partial charge in [-0.2, -0.15) is 0 Å². The van der Waals surface area contributed by atoms with Crippen molar-refractivity contribution < 1.29 is 0 Å². The van der Waals surface area contributed by atoms with Crippen LogP contribution in [0.25, 0.3) is 0 Å². The van der Waals surface area contributed by atoms with Crippen LogP contribution in [0.1, 0.15) is 19.8 Å². The normalized spacial score (nSPS) is 37.5. The van der Waals surface area contributed by atoms with Crippen molar-refractivity contribution in [2.24, 2.45) is 11.8 Å². The van der Waals surface area contributed by atoms with Gasteiger partial charge in [0, 0.05) is 0 Å². The van der Waals surface area contributed by atoms with Gasteiger partial charge in [0.2, 0.25) is 0 Å². The van der Waals surface area contributed by atoms with Crippen LogP contribution < -0.4 is 0 Å².